The van der Waals surface area contributed by atoms with Crippen LogP contribution in [0.25, 0.3) is 0 Å². The van der Waals surface area contributed by atoms with Gasteiger partial charge in [0.05, 0.1) is 0 Å². The van der Waals surface area contributed by atoms with Gasteiger partial charge >= 0.3 is 5.97 Å². The molecule has 1 aromatic rings. The number of phenolic OH excluding ortho intramolecular Hbond substituents is 1. The first-order chi connectivity index (χ1) is 12.3. The normalized spacial score (nSPS) is 28.4. The number of aliphatic hydroxyl groups excluding tert-OH is 4. The molecule has 0 amide bonds. The Balaban J connectivity index is 1.99. The monoisotopic (exact) mass is 370 g/mol. The van der Waals surface area contributed by atoms with Gasteiger partial charge in [0.2, 0.25) is 6.29 Å². The number of rotatable bonds is 7. The van der Waals surface area contributed by atoms with Crippen molar-refractivity contribution in [2.24, 2.45) is 0 Å². The maximum Gasteiger partial charge on any atom is 0.333 e. The fraction of sp³-hybridized carbons (Fsp3) is 0.471. The van der Waals surface area contributed by atoms with Gasteiger partial charge in [-0.3, -0.25) is 0 Å². The number of hydrogen-bond donors (Lipinski definition) is 5. The zero-order valence-electron chi connectivity index (χ0n) is 13.9. The van der Waals surface area contributed by atoms with Gasteiger partial charge in [-0.2, -0.15) is 0 Å². The van der Waals surface area contributed by atoms with Gasteiger partial charge in [0.1, 0.15) is 42.5 Å². The van der Waals surface area contributed by atoms with E-state index in [1.807, 2.05) is 0 Å². The van der Waals surface area contributed by atoms with Crippen molar-refractivity contribution < 1.29 is 44.5 Å². The van der Waals surface area contributed by atoms with Crippen molar-refractivity contribution in [1.82, 2.24) is 0 Å². The highest BCUT2D eigenvalue weighted by molar-refractivity contribution is 5.87. The van der Waals surface area contributed by atoms with Crippen molar-refractivity contribution >= 4 is 5.97 Å². The topological polar surface area (TPSA) is 146 Å². The molecule has 0 saturated carbocycles. The maximum atomic E-state index is 11.7. The number of hydrogen-bond acceptors (Lipinski definition) is 9. The molecule has 1 aromatic carbocycles. The average Bonchev–Trinajstić information content (AvgIpc) is 2.62. The highest BCUT2D eigenvalue weighted by Crippen LogP contribution is 2.25. The Hall–Kier alpha value is -2.17. The molecule has 144 valence electrons. The Morgan fingerprint density at radius 2 is 1.77 bits per heavy atom. The summed E-state index contributed by atoms with van der Waals surface area (Å²) in [7, 11) is 0. The Labute approximate surface area is 149 Å². The van der Waals surface area contributed by atoms with Crippen LogP contribution in [0.4, 0.5) is 0 Å². The van der Waals surface area contributed by atoms with Crippen molar-refractivity contribution in [1.29, 1.82) is 0 Å². The molecule has 9 nitrogen and oxygen atoms in total. The first kappa shape index (κ1) is 20.1. The summed E-state index contributed by atoms with van der Waals surface area (Å²) in [4.78, 5) is 11.7. The number of aromatic hydroxyl groups is 1. The molecule has 1 heterocycles. The van der Waals surface area contributed by atoms with Crippen molar-refractivity contribution in [2.45, 2.75) is 37.1 Å². The minimum absolute atomic E-state index is 0.0193. The van der Waals surface area contributed by atoms with Gasteiger partial charge < -0.3 is 39.7 Å². The molecule has 1 aliphatic heterocycles. The van der Waals surface area contributed by atoms with Crippen LogP contribution in [0, 0.1) is 0 Å². The summed E-state index contributed by atoms with van der Waals surface area (Å²) in [6.45, 7) is 2.79. The SMILES string of the molecule is C=C(CCO)C(=O)OC[C@H]1O[C@@H](Oc2ccc(O)cc2)[C@H](O)[C@@H](O)[C@@H]1O. The number of aliphatic hydroxyl groups is 4. The van der Waals surface area contributed by atoms with Gasteiger partial charge in [-0.15, -0.1) is 0 Å². The lowest BCUT2D eigenvalue weighted by Crippen LogP contribution is -2.60. The van der Waals surface area contributed by atoms with E-state index in [0.717, 1.165) is 0 Å². The molecule has 0 spiro atoms. The fourth-order valence-electron chi connectivity index (χ4n) is 2.31. The molecule has 0 radical (unpaired) electrons. The third-order valence-corrected chi connectivity index (χ3v) is 3.84. The second-order valence-electron chi connectivity index (χ2n) is 5.80. The van der Waals surface area contributed by atoms with Gasteiger partial charge in [0.15, 0.2) is 0 Å². The standard InChI is InChI=1S/C17H22O9/c1-9(6-7-18)16(23)24-8-12-13(20)14(21)15(22)17(26-12)25-11-4-2-10(19)3-5-11/h2-5,12-15,17-22H,1,6-8H2/t12-,13-,14+,15-,17-/m1/s1. The number of esters is 1. The first-order valence-corrected chi connectivity index (χ1v) is 7.94. The summed E-state index contributed by atoms with van der Waals surface area (Å²) in [5, 5.41) is 48.0. The zero-order valence-corrected chi connectivity index (χ0v) is 13.9. The van der Waals surface area contributed by atoms with E-state index in [0.29, 0.717) is 0 Å². The summed E-state index contributed by atoms with van der Waals surface area (Å²) in [5.41, 5.74) is 0.0512. The van der Waals surface area contributed by atoms with Crippen LogP contribution in [0.2, 0.25) is 0 Å². The van der Waals surface area contributed by atoms with Crippen LogP contribution in [-0.4, -0.2) is 75.4 Å². The fourth-order valence-corrected chi connectivity index (χ4v) is 2.31. The smallest absolute Gasteiger partial charge is 0.333 e. The minimum Gasteiger partial charge on any atom is -0.508 e. The molecule has 1 saturated heterocycles. The highest BCUT2D eigenvalue weighted by Gasteiger charge is 2.45. The number of phenols is 1. The third-order valence-electron chi connectivity index (χ3n) is 3.84. The molecule has 0 unspecified atom stereocenters. The molecule has 1 fully saturated rings. The van der Waals surface area contributed by atoms with Gasteiger partial charge in [-0.25, -0.2) is 4.79 Å². The average molecular weight is 370 g/mol. The Bertz CT molecular complexity index is 615. The molecule has 1 aliphatic rings. The van der Waals surface area contributed by atoms with E-state index in [9.17, 15) is 25.2 Å². The number of carbonyl (C=O) groups is 1. The number of ether oxygens (including phenoxy) is 3. The lowest BCUT2D eigenvalue weighted by atomic mass is 9.99. The van der Waals surface area contributed by atoms with Crippen molar-refractivity contribution in [3.05, 3.63) is 36.4 Å². The second kappa shape index (κ2) is 8.97. The second-order valence-corrected chi connectivity index (χ2v) is 5.80. The lowest BCUT2D eigenvalue weighted by Gasteiger charge is -2.39. The summed E-state index contributed by atoms with van der Waals surface area (Å²) in [6, 6.07) is 5.58. The Morgan fingerprint density at radius 3 is 2.38 bits per heavy atom. The van der Waals surface area contributed by atoms with E-state index in [4.69, 9.17) is 19.3 Å². The van der Waals surface area contributed by atoms with E-state index < -0.39 is 43.3 Å². The van der Waals surface area contributed by atoms with E-state index in [-0.39, 0.29) is 30.1 Å². The van der Waals surface area contributed by atoms with Crippen LogP contribution >= 0.6 is 0 Å². The molecular formula is C17H22O9. The molecule has 5 N–H and O–H groups in total. The summed E-state index contributed by atoms with van der Waals surface area (Å²) >= 11 is 0. The molecule has 0 bridgehead atoms. The predicted octanol–water partition coefficient (Wildman–Crippen LogP) is -0.940. The van der Waals surface area contributed by atoms with Gasteiger partial charge in [-0.05, 0) is 24.3 Å². The van der Waals surface area contributed by atoms with Crippen molar-refractivity contribution in [2.75, 3.05) is 13.2 Å². The quantitative estimate of drug-likeness (QED) is 0.303. The molecule has 2 rings (SSSR count). The third kappa shape index (κ3) is 4.93. The number of carbonyl (C=O) groups excluding carboxylic acids is 1. The molecular weight excluding hydrogens is 348 g/mol. The minimum atomic E-state index is -1.59. The van der Waals surface area contributed by atoms with E-state index >= 15 is 0 Å². The van der Waals surface area contributed by atoms with Crippen LogP contribution in [-0.2, 0) is 14.3 Å². The number of benzene rings is 1. The van der Waals surface area contributed by atoms with E-state index in [1.54, 1.807) is 0 Å². The van der Waals surface area contributed by atoms with Gasteiger partial charge in [0.25, 0.3) is 0 Å². The summed E-state index contributed by atoms with van der Waals surface area (Å²) in [5.74, 6) is -0.500. The lowest BCUT2D eigenvalue weighted by molar-refractivity contribution is -0.278. The highest BCUT2D eigenvalue weighted by atomic mass is 16.7. The first-order valence-electron chi connectivity index (χ1n) is 7.94. The van der Waals surface area contributed by atoms with Crippen LogP contribution in [0.5, 0.6) is 11.5 Å². The zero-order chi connectivity index (χ0) is 19.3. The van der Waals surface area contributed by atoms with E-state index in [1.165, 1.54) is 24.3 Å². The van der Waals surface area contributed by atoms with Crippen molar-refractivity contribution in [3.8, 4) is 11.5 Å². The molecule has 9 heteroatoms. The van der Waals surface area contributed by atoms with Crippen molar-refractivity contribution in [3.63, 3.8) is 0 Å². The predicted molar refractivity (Wildman–Crippen MR) is 87.2 cm³/mol. The Morgan fingerprint density at radius 1 is 1.12 bits per heavy atom. The summed E-state index contributed by atoms with van der Waals surface area (Å²) in [6.07, 6.45) is -7.08. The Kier molecular flexibility index (Phi) is 6.95. The van der Waals surface area contributed by atoms with Crippen LogP contribution in [0.15, 0.2) is 36.4 Å². The van der Waals surface area contributed by atoms with Crippen LogP contribution in [0.1, 0.15) is 6.42 Å². The van der Waals surface area contributed by atoms with Crippen LogP contribution in [0.3, 0.4) is 0 Å². The van der Waals surface area contributed by atoms with Gasteiger partial charge in [0, 0.05) is 18.6 Å². The largest absolute Gasteiger partial charge is 0.508 e. The van der Waals surface area contributed by atoms with E-state index in [2.05, 4.69) is 6.58 Å². The summed E-state index contributed by atoms with van der Waals surface area (Å²) < 4.78 is 15.8. The van der Waals surface area contributed by atoms with Crippen LogP contribution < -0.4 is 4.74 Å². The molecule has 26 heavy (non-hydrogen) atoms. The van der Waals surface area contributed by atoms with Gasteiger partial charge in [-0.1, -0.05) is 6.58 Å². The molecule has 0 aromatic heterocycles. The maximum absolute atomic E-state index is 11.7. The molecule has 0 aliphatic carbocycles. The molecule has 5 atom stereocenters.